The summed E-state index contributed by atoms with van der Waals surface area (Å²) in [5, 5.41) is 9.23. The molecule has 0 aliphatic heterocycles. The van der Waals surface area contributed by atoms with E-state index in [9.17, 15) is 5.11 Å². The monoisotopic (exact) mass is 201 g/mol. The molecule has 0 aromatic rings. The number of rotatable bonds is 6. The van der Waals surface area contributed by atoms with E-state index >= 15 is 0 Å². The summed E-state index contributed by atoms with van der Waals surface area (Å²) in [5.74, 6) is 0.687. The van der Waals surface area contributed by atoms with Gasteiger partial charge >= 0.3 is 0 Å². The summed E-state index contributed by atoms with van der Waals surface area (Å²) in [6, 6.07) is 0.559. The standard InChI is InChI=1S/C12H27NO/c1-10(2)7-13(11(3)4)8-12(5,6)9-14/h10-11,14H,7-9H2,1-6H3. The Hall–Kier alpha value is -0.0800. The molecule has 0 heterocycles. The third kappa shape index (κ3) is 5.61. The first-order valence-corrected chi connectivity index (χ1v) is 5.63. The van der Waals surface area contributed by atoms with Crippen LogP contribution in [0.3, 0.4) is 0 Å². The number of aliphatic hydroxyl groups is 1. The summed E-state index contributed by atoms with van der Waals surface area (Å²) in [6.45, 7) is 15.5. The molecule has 0 radical (unpaired) electrons. The van der Waals surface area contributed by atoms with Crippen LogP contribution in [0.25, 0.3) is 0 Å². The molecule has 0 fully saturated rings. The van der Waals surface area contributed by atoms with Crippen LogP contribution in [0.1, 0.15) is 41.5 Å². The molecule has 0 saturated carbocycles. The molecule has 0 aromatic heterocycles. The van der Waals surface area contributed by atoms with Crippen LogP contribution in [0, 0.1) is 11.3 Å². The van der Waals surface area contributed by atoms with Crippen LogP contribution in [0.5, 0.6) is 0 Å². The van der Waals surface area contributed by atoms with Gasteiger partial charge in [-0.05, 0) is 19.8 Å². The molecule has 14 heavy (non-hydrogen) atoms. The van der Waals surface area contributed by atoms with Crippen LogP contribution in [0.15, 0.2) is 0 Å². The van der Waals surface area contributed by atoms with Gasteiger partial charge in [0, 0.05) is 31.2 Å². The minimum Gasteiger partial charge on any atom is -0.396 e. The normalized spacial score (nSPS) is 13.3. The van der Waals surface area contributed by atoms with E-state index in [1.807, 2.05) is 0 Å². The van der Waals surface area contributed by atoms with E-state index in [0.717, 1.165) is 13.1 Å². The Morgan fingerprint density at radius 2 is 1.64 bits per heavy atom. The smallest absolute Gasteiger partial charge is 0.0494 e. The van der Waals surface area contributed by atoms with Crippen molar-refractivity contribution in [3.8, 4) is 0 Å². The highest BCUT2D eigenvalue weighted by atomic mass is 16.3. The number of hydrogen-bond donors (Lipinski definition) is 1. The lowest BCUT2D eigenvalue weighted by Crippen LogP contribution is -2.42. The molecule has 0 aromatic carbocycles. The first kappa shape index (κ1) is 13.9. The molecule has 0 aliphatic carbocycles. The summed E-state index contributed by atoms with van der Waals surface area (Å²) in [5.41, 5.74) is 0.0131. The van der Waals surface area contributed by atoms with E-state index in [1.165, 1.54) is 0 Å². The number of nitrogens with zero attached hydrogens (tertiary/aromatic N) is 1. The Labute approximate surface area is 89.3 Å². The summed E-state index contributed by atoms with van der Waals surface area (Å²) < 4.78 is 0. The SMILES string of the molecule is CC(C)CN(CC(C)(C)CO)C(C)C. The van der Waals surface area contributed by atoms with Gasteiger partial charge in [0.05, 0.1) is 0 Å². The van der Waals surface area contributed by atoms with Crippen molar-refractivity contribution < 1.29 is 5.11 Å². The van der Waals surface area contributed by atoms with Crippen molar-refractivity contribution in [2.45, 2.75) is 47.6 Å². The molecule has 0 rings (SSSR count). The first-order chi connectivity index (χ1) is 6.28. The van der Waals surface area contributed by atoms with Crippen LogP contribution in [-0.4, -0.2) is 35.7 Å². The number of hydrogen-bond acceptors (Lipinski definition) is 2. The van der Waals surface area contributed by atoms with Gasteiger partial charge < -0.3 is 10.0 Å². The minimum absolute atomic E-state index is 0.0131. The fraction of sp³-hybridized carbons (Fsp3) is 1.00. The fourth-order valence-corrected chi connectivity index (χ4v) is 1.53. The Balaban J connectivity index is 4.23. The molecule has 0 aliphatic rings. The highest BCUT2D eigenvalue weighted by Crippen LogP contribution is 2.18. The molecule has 0 amide bonds. The van der Waals surface area contributed by atoms with Crippen LogP contribution >= 0.6 is 0 Å². The summed E-state index contributed by atoms with van der Waals surface area (Å²) in [7, 11) is 0. The molecule has 0 saturated heterocycles. The van der Waals surface area contributed by atoms with E-state index in [1.54, 1.807) is 0 Å². The summed E-state index contributed by atoms with van der Waals surface area (Å²) in [6.07, 6.45) is 0. The van der Waals surface area contributed by atoms with E-state index in [4.69, 9.17) is 0 Å². The Morgan fingerprint density at radius 3 is 1.93 bits per heavy atom. The molecular weight excluding hydrogens is 174 g/mol. The summed E-state index contributed by atoms with van der Waals surface area (Å²) >= 11 is 0. The second-order valence-corrected chi connectivity index (χ2v) is 5.74. The molecule has 1 N–H and O–H groups in total. The van der Waals surface area contributed by atoms with Crippen LogP contribution < -0.4 is 0 Å². The zero-order chi connectivity index (χ0) is 11.4. The third-order valence-corrected chi connectivity index (χ3v) is 2.39. The van der Waals surface area contributed by atoms with Crippen LogP contribution in [-0.2, 0) is 0 Å². The molecule has 86 valence electrons. The zero-order valence-corrected chi connectivity index (χ0v) is 10.7. The quantitative estimate of drug-likeness (QED) is 0.713. The predicted octanol–water partition coefficient (Wildman–Crippen LogP) is 2.37. The van der Waals surface area contributed by atoms with Crippen molar-refractivity contribution in [2.24, 2.45) is 11.3 Å². The molecule has 0 bridgehead atoms. The lowest BCUT2D eigenvalue weighted by Gasteiger charge is -2.35. The largest absolute Gasteiger partial charge is 0.396 e. The lowest BCUT2D eigenvalue weighted by molar-refractivity contribution is 0.0795. The maximum atomic E-state index is 9.23. The molecular formula is C12H27NO. The van der Waals surface area contributed by atoms with E-state index in [0.29, 0.717) is 12.0 Å². The van der Waals surface area contributed by atoms with Gasteiger partial charge in [-0.25, -0.2) is 0 Å². The van der Waals surface area contributed by atoms with Crippen molar-refractivity contribution in [2.75, 3.05) is 19.7 Å². The van der Waals surface area contributed by atoms with Crippen molar-refractivity contribution in [3.05, 3.63) is 0 Å². The first-order valence-electron chi connectivity index (χ1n) is 5.63. The Morgan fingerprint density at radius 1 is 1.14 bits per heavy atom. The van der Waals surface area contributed by atoms with Gasteiger partial charge in [-0.3, -0.25) is 0 Å². The average Bonchev–Trinajstić information content (AvgIpc) is 2.02. The maximum absolute atomic E-state index is 9.23. The fourth-order valence-electron chi connectivity index (χ4n) is 1.53. The van der Waals surface area contributed by atoms with Crippen LogP contribution in [0.2, 0.25) is 0 Å². The molecule has 2 heteroatoms. The van der Waals surface area contributed by atoms with Crippen LogP contribution in [0.4, 0.5) is 0 Å². The zero-order valence-electron chi connectivity index (χ0n) is 10.7. The highest BCUT2D eigenvalue weighted by Gasteiger charge is 2.22. The van der Waals surface area contributed by atoms with Crippen molar-refractivity contribution in [1.29, 1.82) is 0 Å². The number of aliphatic hydroxyl groups excluding tert-OH is 1. The third-order valence-electron chi connectivity index (χ3n) is 2.39. The Bertz CT molecular complexity index is 152. The van der Waals surface area contributed by atoms with Gasteiger partial charge in [0.25, 0.3) is 0 Å². The molecule has 0 spiro atoms. The van der Waals surface area contributed by atoms with E-state index in [2.05, 4.69) is 46.4 Å². The highest BCUT2D eigenvalue weighted by molar-refractivity contribution is 4.75. The van der Waals surface area contributed by atoms with Gasteiger partial charge in [0.15, 0.2) is 0 Å². The molecule has 0 atom stereocenters. The van der Waals surface area contributed by atoms with E-state index < -0.39 is 0 Å². The average molecular weight is 201 g/mol. The summed E-state index contributed by atoms with van der Waals surface area (Å²) in [4.78, 5) is 2.45. The molecule has 2 nitrogen and oxygen atoms in total. The second-order valence-electron chi connectivity index (χ2n) is 5.74. The van der Waals surface area contributed by atoms with Crippen molar-refractivity contribution in [1.82, 2.24) is 4.90 Å². The van der Waals surface area contributed by atoms with Crippen molar-refractivity contribution >= 4 is 0 Å². The minimum atomic E-state index is 0.0131. The van der Waals surface area contributed by atoms with Gasteiger partial charge in [0.1, 0.15) is 0 Å². The van der Waals surface area contributed by atoms with Gasteiger partial charge in [-0.15, -0.1) is 0 Å². The molecule has 0 unspecified atom stereocenters. The van der Waals surface area contributed by atoms with Gasteiger partial charge in [-0.2, -0.15) is 0 Å². The van der Waals surface area contributed by atoms with E-state index in [-0.39, 0.29) is 12.0 Å². The van der Waals surface area contributed by atoms with Gasteiger partial charge in [0.2, 0.25) is 0 Å². The maximum Gasteiger partial charge on any atom is 0.0494 e. The lowest BCUT2D eigenvalue weighted by atomic mass is 9.93. The Kier molecular flexibility index (Phi) is 5.68. The second kappa shape index (κ2) is 5.72. The van der Waals surface area contributed by atoms with Gasteiger partial charge in [-0.1, -0.05) is 27.7 Å². The topological polar surface area (TPSA) is 23.5 Å². The predicted molar refractivity (Wildman–Crippen MR) is 62.4 cm³/mol. The van der Waals surface area contributed by atoms with Crippen molar-refractivity contribution in [3.63, 3.8) is 0 Å².